The molecule has 1 aliphatic rings. The van der Waals surface area contributed by atoms with Gasteiger partial charge in [0, 0.05) is 18.8 Å². The zero-order valence-electron chi connectivity index (χ0n) is 20.3. The summed E-state index contributed by atoms with van der Waals surface area (Å²) in [4.78, 5) is 25.0. The highest BCUT2D eigenvalue weighted by Gasteiger charge is 2.31. The lowest BCUT2D eigenvalue weighted by molar-refractivity contribution is -0.119. The molecule has 1 saturated heterocycles. The minimum absolute atomic E-state index is 0.145. The van der Waals surface area contributed by atoms with Gasteiger partial charge in [0.25, 0.3) is 5.91 Å². The smallest absolute Gasteiger partial charge is 0.338 e. The lowest BCUT2D eigenvalue weighted by Crippen LogP contribution is -2.42. The van der Waals surface area contributed by atoms with Gasteiger partial charge in [0.05, 0.1) is 10.5 Å². The van der Waals surface area contributed by atoms with Crippen LogP contribution >= 0.6 is 0 Å². The standard InChI is InChI=1S/C26H34N2O5S/c1-5-20-8-7-9-21(6-2)25(20)27-24(29)17-33-26(30)22-10-12-23(13-11-22)34(31,32)28-15-18(3)14-19(4)16-28/h7-13,18-19H,5-6,14-17H2,1-4H3,(H,27,29)/t18-,19-/m1/s1. The van der Waals surface area contributed by atoms with Crippen LogP contribution in [0.5, 0.6) is 0 Å². The molecule has 1 amide bonds. The van der Waals surface area contributed by atoms with Crippen LogP contribution in [-0.2, 0) is 32.4 Å². The van der Waals surface area contributed by atoms with Gasteiger partial charge < -0.3 is 10.1 Å². The van der Waals surface area contributed by atoms with Gasteiger partial charge in [-0.3, -0.25) is 4.79 Å². The highest BCUT2D eigenvalue weighted by Crippen LogP contribution is 2.27. The Morgan fingerprint density at radius 1 is 0.971 bits per heavy atom. The summed E-state index contributed by atoms with van der Waals surface area (Å²) < 4.78 is 32.7. The zero-order chi connectivity index (χ0) is 24.9. The van der Waals surface area contributed by atoms with Crippen LogP contribution in [0.15, 0.2) is 47.4 Å². The fourth-order valence-electron chi connectivity index (χ4n) is 4.51. The van der Waals surface area contributed by atoms with E-state index in [4.69, 9.17) is 4.74 Å². The van der Waals surface area contributed by atoms with Crippen molar-refractivity contribution in [3.8, 4) is 0 Å². The van der Waals surface area contributed by atoms with Gasteiger partial charge in [-0.15, -0.1) is 0 Å². The average Bonchev–Trinajstić information content (AvgIpc) is 2.82. The van der Waals surface area contributed by atoms with Crippen LogP contribution in [-0.4, -0.2) is 44.3 Å². The first kappa shape index (κ1) is 25.9. The van der Waals surface area contributed by atoms with E-state index in [-0.39, 0.29) is 10.5 Å². The summed E-state index contributed by atoms with van der Waals surface area (Å²) in [5.41, 5.74) is 3.00. The van der Waals surface area contributed by atoms with Gasteiger partial charge in [0.15, 0.2) is 6.61 Å². The van der Waals surface area contributed by atoms with Crippen molar-refractivity contribution in [2.75, 3.05) is 25.0 Å². The molecular formula is C26H34N2O5S. The maximum absolute atomic E-state index is 13.0. The maximum Gasteiger partial charge on any atom is 0.338 e. The van der Waals surface area contributed by atoms with E-state index in [1.54, 1.807) is 0 Å². The Balaban J connectivity index is 1.62. The molecule has 0 bridgehead atoms. The van der Waals surface area contributed by atoms with Crippen LogP contribution < -0.4 is 5.32 Å². The number of hydrogen-bond acceptors (Lipinski definition) is 5. The molecule has 1 aliphatic heterocycles. The fourth-order valence-corrected chi connectivity index (χ4v) is 6.19. The molecule has 1 heterocycles. The quantitative estimate of drug-likeness (QED) is 0.563. The molecule has 0 radical (unpaired) electrons. The number of nitrogens with one attached hydrogen (secondary N) is 1. The number of carbonyl (C=O) groups excluding carboxylic acids is 2. The number of piperidine rings is 1. The number of amides is 1. The topological polar surface area (TPSA) is 92.8 Å². The Morgan fingerprint density at radius 2 is 1.53 bits per heavy atom. The second-order valence-electron chi connectivity index (χ2n) is 9.08. The number of nitrogens with zero attached hydrogens (tertiary/aromatic N) is 1. The predicted molar refractivity (Wildman–Crippen MR) is 132 cm³/mol. The fraction of sp³-hybridized carbons (Fsp3) is 0.462. The van der Waals surface area contributed by atoms with Gasteiger partial charge in [-0.1, -0.05) is 45.9 Å². The molecule has 0 saturated carbocycles. The molecule has 0 aromatic heterocycles. The summed E-state index contributed by atoms with van der Waals surface area (Å²) in [5, 5.41) is 2.86. The van der Waals surface area contributed by atoms with Crippen molar-refractivity contribution in [1.82, 2.24) is 4.31 Å². The first-order valence-electron chi connectivity index (χ1n) is 11.8. The van der Waals surface area contributed by atoms with Crippen LogP contribution in [0.4, 0.5) is 5.69 Å². The molecule has 2 aromatic carbocycles. The van der Waals surface area contributed by atoms with E-state index in [1.807, 2.05) is 32.0 Å². The molecule has 1 fully saturated rings. The molecule has 7 nitrogen and oxygen atoms in total. The van der Waals surface area contributed by atoms with Crippen LogP contribution in [0.2, 0.25) is 0 Å². The van der Waals surface area contributed by atoms with Crippen molar-refractivity contribution in [1.29, 1.82) is 0 Å². The maximum atomic E-state index is 13.0. The van der Waals surface area contributed by atoms with E-state index in [9.17, 15) is 18.0 Å². The number of sulfonamides is 1. The summed E-state index contributed by atoms with van der Waals surface area (Å²) in [5.74, 6) is -0.497. The van der Waals surface area contributed by atoms with E-state index >= 15 is 0 Å². The molecule has 8 heteroatoms. The number of para-hydroxylation sites is 1. The number of rotatable bonds is 8. The summed E-state index contributed by atoms with van der Waals surface area (Å²) in [7, 11) is -3.63. The van der Waals surface area contributed by atoms with Crippen molar-refractivity contribution < 1.29 is 22.7 Å². The molecule has 0 spiro atoms. The van der Waals surface area contributed by atoms with Crippen molar-refractivity contribution in [3.05, 3.63) is 59.2 Å². The number of anilines is 1. The van der Waals surface area contributed by atoms with Gasteiger partial charge >= 0.3 is 5.97 Å². The summed E-state index contributed by atoms with van der Waals surface area (Å²) >= 11 is 0. The Hall–Kier alpha value is -2.71. The number of aryl methyl sites for hydroxylation is 2. The molecular weight excluding hydrogens is 452 g/mol. The second-order valence-corrected chi connectivity index (χ2v) is 11.0. The lowest BCUT2D eigenvalue weighted by Gasteiger charge is -2.34. The minimum Gasteiger partial charge on any atom is -0.452 e. The summed E-state index contributed by atoms with van der Waals surface area (Å²) in [6.45, 7) is 8.69. The van der Waals surface area contributed by atoms with E-state index in [2.05, 4.69) is 19.2 Å². The third-order valence-corrected chi connectivity index (χ3v) is 8.01. The third kappa shape index (κ3) is 6.04. The van der Waals surface area contributed by atoms with Gasteiger partial charge in [0.2, 0.25) is 10.0 Å². The normalized spacial score (nSPS) is 18.9. The van der Waals surface area contributed by atoms with E-state index in [0.717, 1.165) is 36.1 Å². The Morgan fingerprint density at radius 3 is 2.06 bits per heavy atom. The molecule has 1 N–H and O–H groups in total. The highest BCUT2D eigenvalue weighted by atomic mass is 32.2. The Kier molecular flexibility index (Phi) is 8.49. The van der Waals surface area contributed by atoms with Crippen molar-refractivity contribution in [2.24, 2.45) is 11.8 Å². The van der Waals surface area contributed by atoms with E-state index < -0.39 is 28.5 Å². The first-order valence-corrected chi connectivity index (χ1v) is 13.3. The number of ether oxygens (including phenoxy) is 1. The molecule has 0 aliphatic carbocycles. The molecule has 184 valence electrons. The van der Waals surface area contributed by atoms with Crippen molar-refractivity contribution in [3.63, 3.8) is 0 Å². The zero-order valence-corrected chi connectivity index (χ0v) is 21.2. The predicted octanol–water partition coefficient (Wildman–Crippen LogP) is 4.27. The van der Waals surface area contributed by atoms with Gasteiger partial charge in [0.1, 0.15) is 0 Å². The summed E-state index contributed by atoms with van der Waals surface area (Å²) in [6, 6.07) is 11.6. The van der Waals surface area contributed by atoms with Gasteiger partial charge in [-0.05, 0) is 66.5 Å². The van der Waals surface area contributed by atoms with E-state index in [0.29, 0.717) is 24.9 Å². The van der Waals surface area contributed by atoms with Crippen molar-refractivity contribution in [2.45, 2.75) is 51.9 Å². The van der Waals surface area contributed by atoms with Gasteiger partial charge in [-0.2, -0.15) is 4.31 Å². The van der Waals surface area contributed by atoms with Crippen LogP contribution in [0, 0.1) is 11.8 Å². The number of esters is 1. The van der Waals surface area contributed by atoms with Gasteiger partial charge in [-0.25, -0.2) is 13.2 Å². The largest absolute Gasteiger partial charge is 0.452 e. The van der Waals surface area contributed by atoms with Crippen molar-refractivity contribution >= 4 is 27.6 Å². The van der Waals surface area contributed by atoms with E-state index in [1.165, 1.54) is 28.6 Å². The second kappa shape index (κ2) is 11.1. The van der Waals surface area contributed by atoms with Crippen LogP contribution in [0.1, 0.15) is 55.6 Å². The highest BCUT2D eigenvalue weighted by molar-refractivity contribution is 7.89. The van der Waals surface area contributed by atoms with Crippen LogP contribution in [0.25, 0.3) is 0 Å². The number of benzene rings is 2. The van der Waals surface area contributed by atoms with Crippen LogP contribution in [0.3, 0.4) is 0 Å². The molecule has 34 heavy (non-hydrogen) atoms. The average molecular weight is 487 g/mol. The number of hydrogen-bond donors (Lipinski definition) is 1. The SMILES string of the molecule is CCc1cccc(CC)c1NC(=O)COC(=O)c1ccc(S(=O)(=O)N2C[C@H](C)C[C@@H](C)C2)cc1. The molecule has 2 aromatic rings. The molecule has 0 unspecified atom stereocenters. The lowest BCUT2D eigenvalue weighted by atomic mass is 9.94. The Bertz CT molecular complexity index is 1100. The number of carbonyl (C=O) groups is 2. The first-order chi connectivity index (χ1) is 16.1. The monoisotopic (exact) mass is 486 g/mol. The minimum atomic E-state index is -3.63. The summed E-state index contributed by atoms with van der Waals surface area (Å²) in [6.07, 6.45) is 2.55. The Labute approximate surface area is 202 Å². The molecule has 3 rings (SSSR count). The third-order valence-electron chi connectivity index (χ3n) is 6.16. The molecule has 2 atom stereocenters.